The molecule has 2 N–H and O–H groups in total. The number of furan rings is 1. The first kappa shape index (κ1) is 25.2. The number of fused-ring (bicyclic) bond motifs is 1. The average molecular weight is 553 g/mol. The van der Waals surface area contributed by atoms with Gasteiger partial charge < -0.3 is 19.4 Å². The van der Waals surface area contributed by atoms with Gasteiger partial charge in [-0.1, -0.05) is 11.3 Å². The first-order valence-electron chi connectivity index (χ1n) is 11.1. The summed E-state index contributed by atoms with van der Waals surface area (Å²) in [6, 6.07) is 13.6. The number of aromatic hydroxyl groups is 2. The van der Waals surface area contributed by atoms with E-state index in [0.717, 1.165) is 17.6 Å². The number of aromatic nitrogens is 2. The van der Waals surface area contributed by atoms with E-state index in [1.54, 1.807) is 25.1 Å². The molecule has 0 radical (unpaired) electrons. The number of ketones is 1. The number of carbonyl (C=O) groups excluding carboxylic acids is 2. The van der Waals surface area contributed by atoms with Gasteiger partial charge in [0, 0.05) is 13.2 Å². The van der Waals surface area contributed by atoms with Crippen molar-refractivity contribution in [1.82, 2.24) is 9.55 Å². The lowest BCUT2D eigenvalue weighted by molar-refractivity contribution is -0.131. The highest BCUT2D eigenvalue weighted by Gasteiger charge is 2.32. The molecule has 0 aliphatic rings. The standard InChI is InChI=1S/C26H20N2O8S2/c1-13-4-11-19(35-13)23(30)21-22(15-5-7-16(8-6-15)36-14(2)29)28(25(32)24(21)31)26-27-18-10-9-17(38(3,33)34)12-20(18)37-26/h4-12,31-32H,1-3H3. The van der Waals surface area contributed by atoms with E-state index in [9.17, 15) is 28.2 Å². The maximum atomic E-state index is 13.5. The summed E-state index contributed by atoms with van der Waals surface area (Å²) < 4.78 is 36.4. The first-order chi connectivity index (χ1) is 17.9. The van der Waals surface area contributed by atoms with Gasteiger partial charge in [0.1, 0.15) is 11.5 Å². The fourth-order valence-corrected chi connectivity index (χ4v) is 5.70. The van der Waals surface area contributed by atoms with Crippen LogP contribution in [0, 0.1) is 6.92 Å². The molecular weight excluding hydrogens is 532 g/mol. The first-order valence-corrected chi connectivity index (χ1v) is 13.8. The van der Waals surface area contributed by atoms with Crippen LogP contribution >= 0.6 is 11.3 Å². The van der Waals surface area contributed by atoms with E-state index in [0.29, 0.717) is 21.5 Å². The quantitative estimate of drug-likeness (QED) is 0.175. The summed E-state index contributed by atoms with van der Waals surface area (Å²) in [5, 5.41) is 22.2. The van der Waals surface area contributed by atoms with Crippen LogP contribution in [0.4, 0.5) is 0 Å². The van der Waals surface area contributed by atoms with E-state index in [1.807, 2.05) is 0 Å². The minimum absolute atomic E-state index is 0.0465. The molecular formula is C26H20N2O8S2. The Kier molecular flexibility index (Phi) is 6.08. The van der Waals surface area contributed by atoms with Gasteiger partial charge in [0.25, 0.3) is 0 Å². The van der Waals surface area contributed by atoms with Crippen molar-refractivity contribution in [3.63, 3.8) is 0 Å². The topological polar surface area (TPSA) is 149 Å². The second-order valence-electron chi connectivity index (χ2n) is 8.49. The molecule has 0 unspecified atom stereocenters. The average Bonchev–Trinajstić information content (AvgIpc) is 3.54. The van der Waals surface area contributed by atoms with Crippen molar-refractivity contribution in [3.8, 4) is 33.8 Å². The second-order valence-corrected chi connectivity index (χ2v) is 11.5. The molecule has 0 saturated heterocycles. The number of thiazole rings is 1. The van der Waals surface area contributed by atoms with Crippen LogP contribution in [0.2, 0.25) is 0 Å². The van der Waals surface area contributed by atoms with Crippen LogP contribution in [0.5, 0.6) is 17.4 Å². The normalized spacial score (nSPS) is 11.7. The molecule has 10 nitrogen and oxygen atoms in total. The summed E-state index contributed by atoms with van der Waals surface area (Å²) in [6.07, 6.45) is 1.09. The van der Waals surface area contributed by atoms with Crippen LogP contribution in [-0.2, 0) is 14.6 Å². The smallest absolute Gasteiger partial charge is 0.308 e. The van der Waals surface area contributed by atoms with Gasteiger partial charge in [0.05, 0.1) is 26.4 Å². The van der Waals surface area contributed by atoms with Crippen molar-refractivity contribution in [2.24, 2.45) is 0 Å². The van der Waals surface area contributed by atoms with Crippen molar-refractivity contribution in [1.29, 1.82) is 0 Å². The van der Waals surface area contributed by atoms with Crippen molar-refractivity contribution >= 4 is 43.1 Å². The number of carbonyl (C=O) groups is 2. The lowest BCUT2D eigenvalue weighted by Crippen LogP contribution is -2.04. The summed E-state index contributed by atoms with van der Waals surface area (Å²) >= 11 is 1.06. The number of rotatable bonds is 6. The predicted octanol–water partition coefficient (Wildman–Crippen LogP) is 4.63. The Morgan fingerprint density at radius 2 is 1.76 bits per heavy atom. The van der Waals surface area contributed by atoms with Crippen LogP contribution in [0.3, 0.4) is 0 Å². The van der Waals surface area contributed by atoms with Crippen molar-refractivity contribution < 1.29 is 37.4 Å². The molecule has 0 bridgehead atoms. The van der Waals surface area contributed by atoms with E-state index < -0.39 is 33.2 Å². The van der Waals surface area contributed by atoms with Crippen molar-refractivity contribution in [3.05, 3.63) is 71.7 Å². The van der Waals surface area contributed by atoms with E-state index in [2.05, 4.69) is 4.98 Å². The Balaban J connectivity index is 1.75. The van der Waals surface area contributed by atoms with Gasteiger partial charge in [-0.2, -0.15) is 0 Å². The molecule has 5 rings (SSSR count). The molecule has 12 heteroatoms. The van der Waals surface area contributed by atoms with E-state index in [4.69, 9.17) is 9.15 Å². The maximum absolute atomic E-state index is 13.5. The number of benzene rings is 2. The Hall–Kier alpha value is -4.42. The molecule has 0 amide bonds. The Morgan fingerprint density at radius 1 is 1.05 bits per heavy atom. The molecule has 3 heterocycles. The third-order valence-electron chi connectivity index (χ3n) is 5.67. The highest BCUT2D eigenvalue weighted by atomic mass is 32.2. The van der Waals surface area contributed by atoms with Crippen LogP contribution in [-0.4, -0.2) is 46.2 Å². The van der Waals surface area contributed by atoms with E-state index >= 15 is 0 Å². The molecule has 0 aliphatic carbocycles. The number of aryl methyl sites for hydroxylation is 1. The molecule has 3 aromatic heterocycles. The Labute approximate surface area is 220 Å². The highest BCUT2D eigenvalue weighted by molar-refractivity contribution is 7.90. The largest absolute Gasteiger partial charge is 0.503 e. The van der Waals surface area contributed by atoms with Crippen LogP contribution in [0.1, 0.15) is 28.8 Å². The number of ether oxygens (including phenoxy) is 1. The van der Waals surface area contributed by atoms with Gasteiger partial charge in [-0.15, -0.1) is 0 Å². The summed E-state index contributed by atoms with van der Waals surface area (Å²) in [6.45, 7) is 2.93. The van der Waals surface area contributed by atoms with Crippen LogP contribution in [0.25, 0.3) is 26.6 Å². The van der Waals surface area contributed by atoms with E-state index in [-0.39, 0.29) is 32.8 Å². The third-order valence-corrected chi connectivity index (χ3v) is 7.78. The van der Waals surface area contributed by atoms with Gasteiger partial charge in [-0.05, 0) is 67.1 Å². The zero-order chi connectivity index (χ0) is 27.4. The number of sulfone groups is 1. The molecule has 0 saturated carbocycles. The van der Waals surface area contributed by atoms with Crippen molar-refractivity contribution in [2.45, 2.75) is 18.7 Å². The van der Waals surface area contributed by atoms with Crippen LogP contribution < -0.4 is 4.74 Å². The SMILES string of the molecule is CC(=O)Oc1ccc(-c2c(C(=O)c3ccc(C)o3)c(O)c(O)n2-c2nc3ccc(S(C)(=O)=O)cc3s2)cc1. The summed E-state index contributed by atoms with van der Waals surface area (Å²) in [4.78, 5) is 29.4. The molecule has 2 aromatic carbocycles. The maximum Gasteiger partial charge on any atom is 0.308 e. The predicted molar refractivity (Wildman–Crippen MR) is 139 cm³/mol. The molecule has 5 aromatic rings. The Morgan fingerprint density at radius 3 is 2.37 bits per heavy atom. The lowest BCUT2D eigenvalue weighted by Gasteiger charge is -2.10. The second kappa shape index (κ2) is 9.15. The van der Waals surface area contributed by atoms with Gasteiger partial charge >= 0.3 is 5.97 Å². The monoisotopic (exact) mass is 552 g/mol. The summed E-state index contributed by atoms with van der Waals surface area (Å²) in [5.41, 5.74) is 0.721. The zero-order valence-electron chi connectivity index (χ0n) is 20.3. The third kappa shape index (κ3) is 4.44. The van der Waals surface area contributed by atoms with E-state index in [1.165, 1.54) is 47.9 Å². The molecule has 0 fully saturated rings. The minimum Gasteiger partial charge on any atom is -0.503 e. The zero-order valence-corrected chi connectivity index (χ0v) is 21.9. The fourth-order valence-electron chi connectivity index (χ4n) is 3.97. The number of nitrogens with zero attached hydrogens (tertiary/aromatic N) is 2. The molecule has 194 valence electrons. The van der Waals surface area contributed by atoms with Gasteiger partial charge in [0.15, 0.2) is 26.5 Å². The number of esters is 1. The summed E-state index contributed by atoms with van der Waals surface area (Å²) in [7, 11) is -3.47. The van der Waals surface area contributed by atoms with Crippen molar-refractivity contribution in [2.75, 3.05) is 6.26 Å². The van der Waals surface area contributed by atoms with Gasteiger partial charge in [-0.25, -0.2) is 13.4 Å². The van der Waals surface area contributed by atoms with Gasteiger partial charge in [0.2, 0.25) is 11.7 Å². The molecule has 0 aliphatic heterocycles. The molecule has 0 atom stereocenters. The summed E-state index contributed by atoms with van der Waals surface area (Å²) in [5.74, 6) is -1.81. The molecule has 38 heavy (non-hydrogen) atoms. The number of hydrogen-bond acceptors (Lipinski definition) is 10. The molecule has 0 spiro atoms. The minimum atomic E-state index is -3.47. The van der Waals surface area contributed by atoms with Crippen LogP contribution in [0.15, 0.2) is 63.9 Å². The van der Waals surface area contributed by atoms with Gasteiger partial charge in [-0.3, -0.25) is 14.2 Å². The lowest BCUT2D eigenvalue weighted by atomic mass is 10.0. The highest BCUT2D eigenvalue weighted by Crippen LogP contribution is 2.45. The Bertz CT molecular complexity index is 1840. The fraction of sp³-hybridized carbons (Fsp3) is 0.115. The number of hydrogen-bond donors (Lipinski definition) is 2.